The van der Waals surface area contributed by atoms with Gasteiger partial charge in [-0.15, -0.1) is 0 Å². The van der Waals surface area contributed by atoms with Crippen molar-refractivity contribution < 1.29 is 33.0 Å². The summed E-state index contributed by atoms with van der Waals surface area (Å²) < 4.78 is 40.1. The van der Waals surface area contributed by atoms with Crippen molar-refractivity contribution in [1.29, 1.82) is 5.26 Å². The number of para-hydroxylation sites is 1. The van der Waals surface area contributed by atoms with Gasteiger partial charge in [-0.1, -0.05) is 54.6 Å². The molecule has 2 amide bonds. The van der Waals surface area contributed by atoms with Crippen molar-refractivity contribution in [3.63, 3.8) is 0 Å². The number of aliphatic hydroxyl groups is 1. The van der Waals surface area contributed by atoms with Gasteiger partial charge in [-0.05, 0) is 116 Å². The number of carbonyl (C=O) groups excluding carboxylic acids is 2. The number of amides is 2. The van der Waals surface area contributed by atoms with Crippen molar-refractivity contribution >= 4 is 23.2 Å². The number of aromatic nitrogens is 2. The normalized spacial score (nSPS) is 15.7. The number of nitrogens with zero attached hydrogens (tertiary/aromatic N) is 7. The molecule has 14 heteroatoms. The zero-order chi connectivity index (χ0) is 48.8. The van der Waals surface area contributed by atoms with Gasteiger partial charge in [0.1, 0.15) is 24.1 Å². The number of alkyl halides is 2. The van der Waals surface area contributed by atoms with Crippen LogP contribution in [0, 0.1) is 25.2 Å². The number of hydrogen-bond donors (Lipinski definition) is 1. The number of fused-ring (bicyclic) bond motifs is 2. The molecule has 0 saturated carbocycles. The van der Waals surface area contributed by atoms with Crippen LogP contribution < -0.4 is 9.64 Å². The summed E-state index contributed by atoms with van der Waals surface area (Å²) in [5, 5.41) is 19.0. The number of hydrogen-bond acceptors (Lipinski definition) is 8. The van der Waals surface area contributed by atoms with Gasteiger partial charge in [0.05, 0.1) is 31.9 Å². The van der Waals surface area contributed by atoms with Crippen molar-refractivity contribution in [2.45, 2.75) is 72.3 Å². The van der Waals surface area contributed by atoms with E-state index >= 15 is 0 Å². The molecule has 1 atom stereocenters. The van der Waals surface area contributed by atoms with E-state index in [0.717, 1.165) is 94.5 Å². The van der Waals surface area contributed by atoms with E-state index < -0.39 is 6.55 Å². The van der Waals surface area contributed by atoms with Crippen molar-refractivity contribution in [3.8, 4) is 23.1 Å². The smallest absolute Gasteiger partial charge is 0.319 e. The topological polar surface area (TPSA) is 119 Å². The number of benzene rings is 4. The first-order chi connectivity index (χ1) is 33.3. The maximum Gasteiger partial charge on any atom is 0.319 e. The van der Waals surface area contributed by atoms with Gasteiger partial charge in [-0.25, -0.2) is 0 Å². The fourth-order valence-electron chi connectivity index (χ4n) is 9.68. The van der Waals surface area contributed by atoms with E-state index in [0.29, 0.717) is 56.0 Å². The molecule has 3 aliphatic heterocycles. The molecule has 1 N–H and O–H groups in total. The molecule has 0 spiro atoms. The van der Waals surface area contributed by atoms with Gasteiger partial charge in [-0.3, -0.25) is 19.1 Å². The lowest BCUT2D eigenvalue weighted by Gasteiger charge is -2.36. The van der Waals surface area contributed by atoms with Gasteiger partial charge < -0.3 is 33.8 Å². The van der Waals surface area contributed by atoms with E-state index in [1.807, 2.05) is 96.6 Å². The first-order valence-corrected chi connectivity index (χ1v) is 23.6. The zero-order valence-corrected chi connectivity index (χ0v) is 40.1. The molecule has 1 saturated heterocycles. The molecular weight excluding hydrogens is 877 g/mol. The van der Waals surface area contributed by atoms with Crippen LogP contribution in [0.1, 0.15) is 74.3 Å². The number of aliphatic hydroxyl groups excluding tert-OH is 1. The second-order valence-electron chi connectivity index (χ2n) is 18.1. The maximum absolute atomic E-state index is 14.6. The maximum atomic E-state index is 14.6. The van der Waals surface area contributed by atoms with Crippen LogP contribution in [0.25, 0.3) is 11.3 Å². The van der Waals surface area contributed by atoms with E-state index in [9.17, 15) is 23.5 Å². The molecule has 0 radical (unpaired) electrons. The Balaban J connectivity index is 0.000000283. The fraction of sp³-hybridized carbons (Fsp3) is 0.364. The third-order valence-electron chi connectivity index (χ3n) is 13.9. The Bertz CT molecular complexity index is 2810. The average molecular weight is 938 g/mol. The predicted molar refractivity (Wildman–Crippen MR) is 263 cm³/mol. The molecule has 3 aliphatic rings. The van der Waals surface area contributed by atoms with Gasteiger partial charge in [0.2, 0.25) is 5.91 Å². The Morgan fingerprint density at radius 2 is 1.59 bits per heavy atom. The average Bonchev–Trinajstić information content (AvgIpc) is 3.87. The van der Waals surface area contributed by atoms with Crippen LogP contribution in [0.15, 0.2) is 103 Å². The van der Waals surface area contributed by atoms with Gasteiger partial charge in [0.15, 0.2) is 0 Å². The number of nitriles is 1. The Morgan fingerprint density at radius 1 is 0.884 bits per heavy atom. The predicted octanol–water partition coefficient (Wildman–Crippen LogP) is 8.75. The minimum absolute atomic E-state index is 0.00934. The number of carbonyl (C=O) groups is 2. The molecule has 6 aromatic rings. The van der Waals surface area contributed by atoms with Crippen LogP contribution in [0.2, 0.25) is 0 Å². The summed E-state index contributed by atoms with van der Waals surface area (Å²) in [7, 11) is 3.77. The van der Waals surface area contributed by atoms with Crippen LogP contribution in [0.3, 0.4) is 0 Å². The summed E-state index contributed by atoms with van der Waals surface area (Å²) in [5.41, 5.74) is 11.6. The Hall–Kier alpha value is -6.79. The van der Waals surface area contributed by atoms with Gasteiger partial charge in [-0.2, -0.15) is 14.0 Å². The SMILES string of the molecule is Cc1c(CO)cc(-c2cc3c(cc2C(=O)N2Cc4ccccc4CC2C)CN(C(=O)Cc2ccc(OCCN4CCOCC4)cc2)CC3)n1C.Cc1c(N(C)c2ccccc2)cc(C#N)n1C(F)F. The molecule has 12 nitrogen and oxygen atoms in total. The third-order valence-corrected chi connectivity index (χ3v) is 13.9. The highest BCUT2D eigenvalue weighted by atomic mass is 19.3. The molecule has 4 aromatic carbocycles. The molecule has 0 bridgehead atoms. The zero-order valence-electron chi connectivity index (χ0n) is 40.1. The molecule has 69 heavy (non-hydrogen) atoms. The molecular formula is C55H61F2N7O5. The van der Waals surface area contributed by atoms with Crippen molar-refractivity contribution in [2.75, 3.05) is 57.9 Å². The largest absolute Gasteiger partial charge is 0.492 e. The molecule has 5 heterocycles. The van der Waals surface area contributed by atoms with E-state index in [1.165, 1.54) is 17.2 Å². The van der Waals surface area contributed by atoms with Crippen LogP contribution >= 0.6 is 0 Å². The number of anilines is 2. The monoisotopic (exact) mass is 937 g/mol. The summed E-state index contributed by atoms with van der Waals surface area (Å²) in [4.78, 5) is 36.2. The van der Waals surface area contributed by atoms with Crippen LogP contribution in [0.5, 0.6) is 5.75 Å². The fourth-order valence-corrected chi connectivity index (χ4v) is 9.68. The Kier molecular flexibility index (Phi) is 15.3. The summed E-state index contributed by atoms with van der Waals surface area (Å²) in [5.74, 6) is 0.866. The number of halogens is 2. The third kappa shape index (κ3) is 10.8. The molecule has 2 aromatic heterocycles. The highest BCUT2D eigenvalue weighted by Crippen LogP contribution is 2.36. The molecule has 1 fully saturated rings. The Morgan fingerprint density at radius 3 is 2.26 bits per heavy atom. The summed E-state index contributed by atoms with van der Waals surface area (Å²) in [6.45, 7) is 9.48. The Labute approximate surface area is 403 Å². The minimum Gasteiger partial charge on any atom is -0.492 e. The first-order valence-electron chi connectivity index (χ1n) is 23.6. The van der Waals surface area contributed by atoms with E-state index in [1.54, 1.807) is 24.9 Å². The highest BCUT2D eigenvalue weighted by Gasteiger charge is 2.32. The van der Waals surface area contributed by atoms with Crippen LogP contribution in [0.4, 0.5) is 20.2 Å². The summed E-state index contributed by atoms with van der Waals surface area (Å²) in [6.07, 6.45) is 1.83. The van der Waals surface area contributed by atoms with Gasteiger partial charge in [0, 0.05) is 93.3 Å². The standard InChI is InChI=1S/C41H48N4O5.C14H13F2N3/c1-28-20-31-6-4-5-7-33(31)26-45(28)41(48)38-23-34-25-44(13-12-32(34)22-37(38)39-24-35(27-46)29(2)42(39)3)40(47)21-30-8-10-36(11-9-30)50-19-16-43-14-17-49-18-15-43;1-10-13(8-12(9-17)19(10)14(15)16)18(2)11-6-4-3-5-7-11/h4-11,22-24,28,46H,12-21,25-27H2,1-3H3;3-8,14H,1-2H3. The number of morpholine rings is 1. The highest BCUT2D eigenvalue weighted by molar-refractivity contribution is 6.01. The lowest BCUT2D eigenvalue weighted by molar-refractivity contribution is -0.131. The summed E-state index contributed by atoms with van der Waals surface area (Å²) >= 11 is 0. The summed E-state index contributed by atoms with van der Waals surface area (Å²) in [6, 6.07) is 35.1. The minimum atomic E-state index is -2.72. The second kappa shape index (κ2) is 21.7. The second-order valence-corrected chi connectivity index (χ2v) is 18.1. The van der Waals surface area contributed by atoms with Crippen LogP contribution in [-0.2, 0) is 55.5 Å². The number of ether oxygens (including phenoxy) is 2. The lowest BCUT2D eigenvalue weighted by Crippen LogP contribution is -2.43. The van der Waals surface area contributed by atoms with Crippen molar-refractivity contribution in [3.05, 3.63) is 159 Å². The quantitative estimate of drug-likeness (QED) is 0.130. The molecule has 360 valence electrons. The van der Waals surface area contributed by atoms with Crippen molar-refractivity contribution in [2.24, 2.45) is 7.05 Å². The van der Waals surface area contributed by atoms with E-state index in [2.05, 4.69) is 40.7 Å². The molecule has 9 rings (SSSR count). The lowest BCUT2D eigenvalue weighted by atomic mass is 9.89. The molecule has 0 aliphatic carbocycles. The first kappa shape index (κ1) is 48.7. The van der Waals surface area contributed by atoms with E-state index in [-0.39, 0.29) is 30.2 Å². The van der Waals surface area contributed by atoms with E-state index in [4.69, 9.17) is 14.7 Å². The number of rotatable bonds is 12. The van der Waals surface area contributed by atoms with Crippen LogP contribution in [-0.4, -0.2) is 99.8 Å². The van der Waals surface area contributed by atoms with Crippen molar-refractivity contribution in [1.82, 2.24) is 23.8 Å². The molecule has 1 unspecified atom stereocenters. The van der Waals surface area contributed by atoms with Gasteiger partial charge >= 0.3 is 6.55 Å². The van der Waals surface area contributed by atoms with Gasteiger partial charge in [0.25, 0.3) is 5.91 Å².